The lowest BCUT2D eigenvalue weighted by Gasteiger charge is -2.25. The van der Waals surface area contributed by atoms with Crippen LogP contribution in [0.5, 0.6) is 17.2 Å². The average Bonchev–Trinajstić information content (AvgIpc) is 2.88. The highest BCUT2D eigenvalue weighted by atomic mass is 16.5. The van der Waals surface area contributed by atoms with E-state index in [-0.39, 0.29) is 33.8 Å². The minimum absolute atomic E-state index is 0.105. The van der Waals surface area contributed by atoms with Crippen LogP contribution in [0.2, 0.25) is 0 Å². The summed E-state index contributed by atoms with van der Waals surface area (Å²) in [5, 5.41) is 10.5. The fourth-order valence-electron chi connectivity index (χ4n) is 4.42. The molecule has 0 spiro atoms. The Morgan fingerprint density at radius 3 is 1.60 bits per heavy atom. The lowest BCUT2D eigenvalue weighted by Crippen LogP contribution is -2.26. The number of carboxylic acid groups (broad SMARTS) is 1. The number of fused-ring (bicyclic) bond motifs is 1. The highest BCUT2D eigenvalue weighted by molar-refractivity contribution is 5.83. The lowest BCUT2D eigenvalue weighted by molar-refractivity contribution is -0.139. The molecule has 4 rings (SSSR count). The van der Waals surface area contributed by atoms with Crippen molar-refractivity contribution in [1.29, 1.82) is 0 Å². The maximum atomic E-state index is 13.6. The molecule has 3 aromatic carbocycles. The van der Waals surface area contributed by atoms with Gasteiger partial charge in [-0.1, -0.05) is 24.3 Å². The Morgan fingerprint density at radius 2 is 1.15 bits per heavy atom. The van der Waals surface area contributed by atoms with Crippen LogP contribution in [0.25, 0.3) is 11.0 Å². The van der Waals surface area contributed by atoms with Gasteiger partial charge in [-0.05, 0) is 47.5 Å². The Labute approximate surface area is 227 Å². The first-order valence-electron chi connectivity index (χ1n) is 12.1. The van der Waals surface area contributed by atoms with E-state index < -0.39 is 41.1 Å². The summed E-state index contributed by atoms with van der Waals surface area (Å²) in [6, 6.07) is 16.7. The second-order valence-electron chi connectivity index (χ2n) is 8.89. The van der Waals surface area contributed by atoms with E-state index in [1.165, 1.54) is 63.2 Å². The quantitative estimate of drug-likeness (QED) is 0.247. The van der Waals surface area contributed by atoms with Crippen LogP contribution >= 0.6 is 0 Å². The molecule has 204 valence electrons. The molecule has 1 atom stereocenters. The zero-order chi connectivity index (χ0) is 29.0. The smallest absolute Gasteiger partial charge is 0.312 e. The van der Waals surface area contributed by atoms with Gasteiger partial charge in [0.25, 0.3) is 0 Å². The molecule has 0 aliphatic carbocycles. The number of carbonyl (C=O) groups excluding carboxylic acids is 3. The molecule has 0 bridgehead atoms. The topological polar surface area (TPSA) is 146 Å². The van der Waals surface area contributed by atoms with Crippen LogP contribution in [0, 0.1) is 0 Å². The highest BCUT2D eigenvalue weighted by Crippen LogP contribution is 2.39. The number of ether oxygens (including phenoxy) is 3. The number of benzene rings is 3. The first-order valence-corrected chi connectivity index (χ1v) is 12.1. The van der Waals surface area contributed by atoms with E-state index in [2.05, 4.69) is 0 Å². The predicted octanol–water partition coefficient (Wildman–Crippen LogP) is 4.57. The Hall–Kier alpha value is -5.25. The van der Waals surface area contributed by atoms with Gasteiger partial charge in [0.1, 0.15) is 22.8 Å². The van der Waals surface area contributed by atoms with Crippen LogP contribution in [-0.2, 0) is 19.2 Å². The Kier molecular flexibility index (Phi) is 8.09. The normalized spacial score (nSPS) is 11.6. The molecule has 0 fully saturated rings. The van der Waals surface area contributed by atoms with Crippen LogP contribution in [0.1, 0.15) is 49.3 Å². The fourth-order valence-corrected chi connectivity index (χ4v) is 4.42. The predicted molar refractivity (Wildman–Crippen MR) is 142 cm³/mol. The van der Waals surface area contributed by atoms with Gasteiger partial charge in [-0.25, -0.2) is 0 Å². The standard InChI is InChI=1S/C30H24O10/c1-16(31)38-21-8-4-19(5-9-21)27(20-6-10-22(11-7-20)39-17(2)32)28(30(35)36)25-15-37-26-14-23(40-18(3)33)12-13-24(26)29(25)34/h4-15,27-28H,1-3H3,(H,35,36)/t28-/m0/s1. The van der Waals surface area contributed by atoms with Crippen LogP contribution in [0.3, 0.4) is 0 Å². The van der Waals surface area contributed by atoms with E-state index in [0.717, 1.165) is 6.26 Å². The third-order valence-corrected chi connectivity index (χ3v) is 5.97. The molecule has 1 aromatic heterocycles. The molecule has 0 saturated heterocycles. The molecule has 0 radical (unpaired) electrons. The van der Waals surface area contributed by atoms with Crippen molar-refractivity contribution in [3.8, 4) is 17.2 Å². The highest BCUT2D eigenvalue weighted by Gasteiger charge is 2.35. The zero-order valence-corrected chi connectivity index (χ0v) is 21.7. The van der Waals surface area contributed by atoms with E-state index in [1.807, 2.05) is 0 Å². The van der Waals surface area contributed by atoms with Crippen LogP contribution in [0.4, 0.5) is 0 Å². The number of hydrogen-bond donors (Lipinski definition) is 1. The number of esters is 3. The molecule has 0 aliphatic heterocycles. The first-order chi connectivity index (χ1) is 19.0. The van der Waals surface area contributed by atoms with E-state index in [4.69, 9.17) is 18.6 Å². The van der Waals surface area contributed by atoms with Gasteiger partial charge >= 0.3 is 23.9 Å². The molecule has 40 heavy (non-hydrogen) atoms. The van der Waals surface area contributed by atoms with Gasteiger partial charge < -0.3 is 23.7 Å². The monoisotopic (exact) mass is 544 g/mol. The summed E-state index contributed by atoms with van der Waals surface area (Å²) >= 11 is 0. The van der Waals surface area contributed by atoms with Crippen molar-refractivity contribution in [2.75, 3.05) is 0 Å². The summed E-state index contributed by atoms with van der Waals surface area (Å²) in [6.07, 6.45) is 1.09. The molecule has 4 aromatic rings. The number of hydrogen-bond acceptors (Lipinski definition) is 9. The summed E-state index contributed by atoms with van der Waals surface area (Å²) in [5.41, 5.74) is 0.450. The minimum atomic E-state index is -1.41. The molecule has 1 N–H and O–H groups in total. The first kappa shape index (κ1) is 27.8. The van der Waals surface area contributed by atoms with Crippen molar-refractivity contribution < 1.29 is 42.9 Å². The van der Waals surface area contributed by atoms with E-state index in [1.54, 1.807) is 24.3 Å². The van der Waals surface area contributed by atoms with Crippen molar-refractivity contribution in [2.24, 2.45) is 0 Å². The second kappa shape index (κ2) is 11.6. The molecule has 0 aliphatic rings. The van der Waals surface area contributed by atoms with Crippen LogP contribution in [-0.4, -0.2) is 29.0 Å². The summed E-state index contributed by atoms with van der Waals surface area (Å²) < 4.78 is 20.9. The average molecular weight is 545 g/mol. The maximum Gasteiger partial charge on any atom is 0.312 e. The van der Waals surface area contributed by atoms with Crippen molar-refractivity contribution in [3.05, 3.63) is 99.9 Å². The maximum absolute atomic E-state index is 13.6. The molecule has 0 saturated carbocycles. The van der Waals surface area contributed by atoms with Gasteiger partial charge in [0, 0.05) is 32.8 Å². The van der Waals surface area contributed by atoms with Crippen molar-refractivity contribution >= 4 is 34.8 Å². The third kappa shape index (κ3) is 6.24. The number of rotatable bonds is 8. The second-order valence-corrected chi connectivity index (χ2v) is 8.89. The van der Waals surface area contributed by atoms with E-state index in [9.17, 15) is 29.1 Å². The number of carbonyl (C=O) groups is 4. The third-order valence-electron chi connectivity index (χ3n) is 5.97. The van der Waals surface area contributed by atoms with Crippen molar-refractivity contribution in [3.63, 3.8) is 0 Å². The zero-order valence-electron chi connectivity index (χ0n) is 21.7. The molecule has 0 amide bonds. The van der Waals surface area contributed by atoms with E-state index in [0.29, 0.717) is 11.1 Å². The molecular formula is C30H24O10. The fraction of sp³-hybridized carbons (Fsp3) is 0.167. The van der Waals surface area contributed by atoms with E-state index >= 15 is 0 Å². The molecular weight excluding hydrogens is 520 g/mol. The van der Waals surface area contributed by atoms with Gasteiger partial charge in [-0.2, -0.15) is 0 Å². The van der Waals surface area contributed by atoms with Gasteiger partial charge in [0.15, 0.2) is 5.43 Å². The SMILES string of the molecule is CC(=O)Oc1ccc(C(c2ccc(OC(C)=O)cc2)[C@@H](C(=O)O)c2coc3cc(OC(C)=O)ccc3c2=O)cc1. The lowest BCUT2D eigenvalue weighted by atomic mass is 9.77. The van der Waals surface area contributed by atoms with Gasteiger partial charge in [0.05, 0.1) is 23.1 Å². The molecule has 10 heteroatoms. The summed E-state index contributed by atoms with van der Waals surface area (Å²) in [5.74, 6) is -4.48. The molecule has 10 nitrogen and oxygen atoms in total. The summed E-state index contributed by atoms with van der Waals surface area (Å²) in [7, 11) is 0. The molecule has 0 unspecified atom stereocenters. The number of carboxylic acids is 1. The Morgan fingerprint density at radius 1 is 0.700 bits per heavy atom. The van der Waals surface area contributed by atoms with Crippen LogP contribution < -0.4 is 19.6 Å². The van der Waals surface area contributed by atoms with Gasteiger partial charge in [-0.15, -0.1) is 0 Å². The van der Waals surface area contributed by atoms with Gasteiger partial charge in [0.2, 0.25) is 0 Å². The number of aliphatic carboxylic acids is 1. The van der Waals surface area contributed by atoms with Gasteiger partial charge in [-0.3, -0.25) is 24.0 Å². The Balaban J connectivity index is 1.86. The Bertz CT molecular complexity index is 1590. The molecule has 1 heterocycles. The largest absolute Gasteiger partial charge is 0.481 e. The minimum Gasteiger partial charge on any atom is -0.481 e. The summed E-state index contributed by atoms with van der Waals surface area (Å²) in [4.78, 5) is 60.4. The summed E-state index contributed by atoms with van der Waals surface area (Å²) in [6.45, 7) is 3.75. The van der Waals surface area contributed by atoms with Crippen molar-refractivity contribution in [2.45, 2.75) is 32.6 Å². The van der Waals surface area contributed by atoms with Crippen molar-refractivity contribution in [1.82, 2.24) is 0 Å². The van der Waals surface area contributed by atoms with Crippen LogP contribution in [0.15, 0.2) is 82.2 Å².